The number of piperazine rings is 1. The molecule has 0 amide bonds. The number of hydrogen-bond acceptors (Lipinski definition) is 7. The van der Waals surface area contributed by atoms with Gasteiger partial charge in [-0.15, -0.1) is 0 Å². The standard InChI is InChI=1S/C21H23ClN4O3/c1-14-4-6-16(22)13-17(14)25-8-10-26(11-9-25)21-23-20(24-29-21)15-5-7-18(27-2)19(12-15)28-3/h4-7,12-13H,8-11H2,1-3H3. The van der Waals surface area contributed by atoms with E-state index >= 15 is 0 Å². The molecule has 0 saturated carbocycles. The van der Waals surface area contributed by atoms with Crippen molar-refractivity contribution in [1.82, 2.24) is 10.1 Å². The van der Waals surface area contributed by atoms with Crippen molar-refractivity contribution in [1.29, 1.82) is 0 Å². The van der Waals surface area contributed by atoms with Crippen LogP contribution in [0.3, 0.4) is 0 Å². The van der Waals surface area contributed by atoms with Crippen molar-refractivity contribution in [3.8, 4) is 22.9 Å². The number of anilines is 2. The highest BCUT2D eigenvalue weighted by molar-refractivity contribution is 6.30. The Morgan fingerprint density at radius 3 is 2.38 bits per heavy atom. The first-order valence-corrected chi connectivity index (χ1v) is 9.79. The van der Waals surface area contributed by atoms with Crippen LogP contribution in [0.25, 0.3) is 11.4 Å². The Hall–Kier alpha value is -2.93. The SMILES string of the molecule is COc1ccc(-c2noc(N3CCN(c4cc(Cl)ccc4C)CC3)n2)cc1OC. The van der Waals surface area contributed by atoms with Crippen molar-refractivity contribution in [3.63, 3.8) is 0 Å². The topological polar surface area (TPSA) is 63.9 Å². The highest BCUT2D eigenvalue weighted by atomic mass is 35.5. The lowest BCUT2D eigenvalue weighted by atomic mass is 10.1. The second-order valence-electron chi connectivity index (χ2n) is 6.88. The van der Waals surface area contributed by atoms with Gasteiger partial charge in [0.15, 0.2) is 11.5 Å². The van der Waals surface area contributed by atoms with E-state index in [1.165, 1.54) is 11.3 Å². The van der Waals surface area contributed by atoms with Gasteiger partial charge in [-0.1, -0.05) is 22.8 Å². The lowest BCUT2D eigenvalue weighted by molar-refractivity contribution is 0.355. The second kappa shape index (κ2) is 8.21. The van der Waals surface area contributed by atoms with Crippen LogP contribution < -0.4 is 19.3 Å². The molecule has 1 aromatic heterocycles. The Kier molecular flexibility index (Phi) is 5.49. The first-order chi connectivity index (χ1) is 14.1. The molecule has 0 radical (unpaired) electrons. The molecule has 7 nitrogen and oxygen atoms in total. The molecule has 8 heteroatoms. The van der Waals surface area contributed by atoms with Crippen LogP contribution in [0.4, 0.5) is 11.7 Å². The Morgan fingerprint density at radius 2 is 1.66 bits per heavy atom. The number of methoxy groups -OCH3 is 2. The third-order valence-electron chi connectivity index (χ3n) is 5.12. The average molecular weight is 415 g/mol. The van der Waals surface area contributed by atoms with Gasteiger partial charge in [0.1, 0.15) is 0 Å². The molecule has 29 heavy (non-hydrogen) atoms. The van der Waals surface area contributed by atoms with Gasteiger partial charge in [0, 0.05) is 42.5 Å². The molecule has 2 aromatic carbocycles. The molecule has 0 N–H and O–H groups in total. The second-order valence-corrected chi connectivity index (χ2v) is 7.31. The Morgan fingerprint density at radius 1 is 0.931 bits per heavy atom. The summed E-state index contributed by atoms with van der Waals surface area (Å²) in [5.41, 5.74) is 3.20. The number of rotatable bonds is 5. The van der Waals surface area contributed by atoms with Crippen LogP contribution in [0.5, 0.6) is 11.5 Å². The predicted octanol–water partition coefficient (Wildman–Crippen LogP) is 4.04. The summed E-state index contributed by atoms with van der Waals surface area (Å²) in [5.74, 6) is 1.81. The maximum Gasteiger partial charge on any atom is 0.324 e. The molecular weight excluding hydrogens is 392 g/mol. The zero-order valence-corrected chi connectivity index (χ0v) is 17.4. The molecule has 0 spiro atoms. The molecule has 0 aliphatic carbocycles. The highest BCUT2D eigenvalue weighted by Gasteiger charge is 2.23. The lowest BCUT2D eigenvalue weighted by Crippen LogP contribution is -2.46. The first kappa shape index (κ1) is 19.4. The quantitative estimate of drug-likeness (QED) is 0.624. The van der Waals surface area contributed by atoms with E-state index in [-0.39, 0.29) is 0 Å². The molecular formula is C21H23ClN4O3. The van der Waals surface area contributed by atoms with Gasteiger partial charge in [-0.25, -0.2) is 0 Å². The van der Waals surface area contributed by atoms with Crippen molar-refractivity contribution in [2.75, 3.05) is 50.2 Å². The molecule has 1 saturated heterocycles. The monoisotopic (exact) mass is 414 g/mol. The van der Waals surface area contributed by atoms with E-state index in [1.54, 1.807) is 14.2 Å². The van der Waals surface area contributed by atoms with E-state index in [2.05, 4.69) is 32.9 Å². The van der Waals surface area contributed by atoms with Gasteiger partial charge < -0.3 is 23.8 Å². The molecule has 0 unspecified atom stereocenters. The summed E-state index contributed by atoms with van der Waals surface area (Å²) < 4.78 is 16.2. The molecule has 1 fully saturated rings. The van der Waals surface area contributed by atoms with Gasteiger partial charge in [-0.05, 0) is 42.8 Å². The minimum absolute atomic E-state index is 0.522. The zero-order valence-electron chi connectivity index (χ0n) is 16.7. The fraction of sp³-hybridized carbons (Fsp3) is 0.333. The van der Waals surface area contributed by atoms with Crippen molar-refractivity contribution < 1.29 is 14.0 Å². The molecule has 0 bridgehead atoms. The summed E-state index contributed by atoms with van der Waals surface area (Å²) in [7, 11) is 3.21. The van der Waals surface area contributed by atoms with Gasteiger partial charge in [0.2, 0.25) is 5.82 Å². The first-order valence-electron chi connectivity index (χ1n) is 9.41. The molecule has 152 valence electrons. The molecule has 4 rings (SSSR count). The Balaban J connectivity index is 1.47. The van der Waals surface area contributed by atoms with Crippen LogP contribution in [-0.4, -0.2) is 50.5 Å². The maximum absolute atomic E-state index is 6.18. The van der Waals surface area contributed by atoms with E-state index in [9.17, 15) is 0 Å². The third kappa shape index (κ3) is 3.96. The van der Waals surface area contributed by atoms with E-state index in [1.807, 2.05) is 30.3 Å². The van der Waals surface area contributed by atoms with Gasteiger partial charge in [0.25, 0.3) is 0 Å². The fourth-order valence-corrected chi connectivity index (χ4v) is 3.66. The minimum atomic E-state index is 0.522. The maximum atomic E-state index is 6.18. The number of nitrogens with zero attached hydrogens (tertiary/aromatic N) is 4. The third-order valence-corrected chi connectivity index (χ3v) is 5.35. The van der Waals surface area contributed by atoms with E-state index in [4.69, 9.17) is 25.6 Å². The van der Waals surface area contributed by atoms with Gasteiger partial charge >= 0.3 is 6.01 Å². The van der Waals surface area contributed by atoms with Gasteiger partial charge in [-0.2, -0.15) is 4.98 Å². The fourth-order valence-electron chi connectivity index (χ4n) is 3.50. The normalized spacial score (nSPS) is 14.2. The van der Waals surface area contributed by atoms with Gasteiger partial charge in [0.05, 0.1) is 14.2 Å². The average Bonchev–Trinajstić information content (AvgIpc) is 3.25. The Bertz CT molecular complexity index is 999. The van der Waals surface area contributed by atoms with Crippen LogP contribution >= 0.6 is 11.6 Å². The number of halogens is 1. The summed E-state index contributed by atoms with van der Waals surface area (Å²) in [6.07, 6.45) is 0. The smallest absolute Gasteiger partial charge is 0.324 e. The van der Waals surface area contributed by atoms with Crippen molar-refractivity contribution in [2.45, 2.75) is 6.92 Å². The minimum Gasteiger partial charge on any atom is -0.493 e. The molecule has 0 atom stereocenters. The van der Waals surface area contributed by atoms with E-state index < -0.39 is 0 Å². The molecule has 1 aliphatic heterocycles. The Labute approximate surface area is 174 Å². The van der Waals surface area contributed by atoms with Crippen LogP contribution in [0, 0.1) is 6.92 Å². The summed E-state index contributed by atoms with van der Waals surface area (Å²) >= 11 is 6.18. The number of benzene rings is 2. The summed E-state index contributed by atoms with van der Waals surface area (Å²) in [5, 5.41) is 4.89. The van der Waals surface area contributed by atoms with Crippen LogP contribution in [0.15, 0.2) is 40.9 Å². The molecule has 1 aliphatic rings. The summed E-state index contributed by atoms with van der Waals surface area (Å²) in [6, 6.07) is 12.1. The summed E-state index contributed by atoms with van der Waals surface area (Å²) in [6.45, 7) is 5.40. The molecule has 3 aromatic rings. The van der Waals surface area contributed by atoms with Crippen molar-refractivity contribution in [3.05, 3.63) is 47.0 Å². The zero-order chi connectivity index (χ0) is 20.4. The van der Waals surface area contributed by atoms with Gasteiger partial charge in [-0.3, -0.25) is 0 Å². The van der Waals surface area contributed by atoms with E-state index in [0.29, 0.717) is 23.3 Å². The van der Waals surface area contributed by atoms with Crippen LogP contribution in [0.2, 0.25) is 5.02 Å². The number of aryl methyl sites for hydroxylation is 1. The summed E-state index contributed by atoms with van der Waals surface area (Å²) in [4.78, 5) is 9.02. The number of hydrogen-bond donors (Lipinski definition) is 0. The lowest BCUT2D eigenvalue weighted by Gasteiger charge is -2.35. The van der Waals surface area contributed by atoms with Crippen molar-refractivity contribution in [2.24, 2.45) is 0 Å². The highest BCUT2D eigenvalue weighted by Crippen LogP contribution is 2.32. The van der Waals surface area contributed by atoms with Crippen LogP contribution in [-0.2, 0) is 0 Å². The number of aromatic nitrogens is 2. The van der Waals surface area contributed by atoms with E-state index in [0.717, 1.165) is 36.8 Å². The van der Waals surface area contributed by atoms with Crippen LogP contribution in [0.1, 0.15) is 5.56 Å². The predicted molar refractivity (Wildman–Crippen MR) is 113 cm³/mol. The van der Waals surface area contributed by atoms with Crippen molar-refractivity contribution >= 4 is 23.3 Å². The molecule has 2 heterocycles. The largest absolute Gasteiger partial charge is 0.493 e. The number of ether oxygens (including phenoxy) is 2.